The Balaban J connectivity index is 2.23. The van der Waals surface area contributed by atoms with E-state index in [4.69, 9.17) is 16.3 Å². The summed E-state index contributed by atoms with van der Waals surface area (Å²) in [4.78, 5) is 0. The highest BCUT2D eigenvalue weighted by Crippen LogP contribution is 2.29. The van der Waals surface area contributed by atoms with Gasteiger partial charge in [-0.1, -0.05) is 44.0 Å². The summed E-state index contributed by atoms with van der Waals surface area (Å²) in [6.07, 6.45) is 0.878. The van der Waals surface area contributed by atoms with Gasteiger partial charge in [0.1, 0.15) is 5.75 Å². The summed E-state index contributed by atoms with van der Waals surface area (Å²) in [5.41, 5.74) is 2.45. The number of alkyl halides is 1. The van der Waals surface area contributed by atoms with Crippen molar-refractivity contribution < 1.29 is 4.74 Å². The highest BCUT2D eigenvalue weighted by molar-refractivity contribution is 9.10. The lowest BCUT2D eigenvalue weighted by molar-refractivity contribution is 0.414. The molecule has 0 amide bonds. The Morgan fingerprint density at radius 3 is 2.40 bits per heavy atom. The third-order valence-electron chi connectivity index (χ3n) is 3.25. The maximum Gasteiger partial charge on any atom is 0.119 e. The van der Waals surface area contributed by atoms with Gasteiger partial charge in [0.25, 0.3) is 0 Å². The Morgan fingerprint density at radius 1 is 1.10 bits per heavy atom. The predicted molar refractivity (Wildman–Crippen MR) is 92.0 cm³/mol. The fourth-order valence-corrected chi connectivity index (χ4v) is 3.06. The standard InChI is InChI=1S/C16H15Br2ClO/c1-20-15-6-7-16(18)12(9-15)8-13(10-19)11-2-4-14(17)5-3-11/h2-7,9,13H,8,10H2,1H3. The first-order chi connectivity index (χ1) is 9.63. The van der Waals surface area contributed by atoms with Crippen molar-refractivity contribution in [2.24, 2.45) is 0 Å². The number of ether oxygens (including phenoxy) is 1. The second kappa shape index (κ2) is 7.48. The monoisotopic (exact) mass is 416 g/mol. The van der Waals surface area contributed by atoms with Gasteiger partial charge in [-0.2, -0.15) is 0 Å². The van der Waals surface area contributed by atoms with Crippen LogP contribution < -0.4 is 4.74 Å². The average molecular weight is 419 g/mol. The molecule has 1 nitrogen and oxygen atoms in total. The molecule has 0 fully saturated rings. The van der Waals surface area contributed by atoms with Gasteiger partial charge in [0, 0.05) is 20.7 Å². The maximum atomic E-state index is 6.16. The molecule has 2 aromatic carbocycles. The van der Waals surface area contributed by atoms with Gasteiger partial charge in [-0.25, -0.2) is 0 Å². The van der Waals surface area contributed by atoms with E-state index < -0.39 is 0 Å². The molecule has 4 heteroatoms. The lowest BCUT2D eigenvalue weighted by atomic mass is 9.93. The van der Waals surface area contributed by atoms with E-state index in [1.807, 2.05) is 12.1 Å². The Labute approximate surface area is 141 Å². The summed E-state index contributed by atoms with van der Waals surface area (Å²) in [6, 6.07) is 14.4. The SMILES string of the molecule is COc1ccc(Br)c(CC(CCl)c2ccc(Br)cc2)c1. The quantitative estimate of drug-likeness (QED) is 0.559. The summed E-state index contributed by atoms with van der Waals surface area (Å²) < 4.78 is 7.46. The van der Waals surface area contributed by atoms with Crippen molar-refractivity contribution in [3.63, 3.8) is 0 Å². The van der Waals surface area contributed by atoms with Gasteiger partial charge in [0.05, 0.1) is 7.11 Å². The van der Waals surface area contributed by atoms with Crippen LogP contribution in [0, 0.1) is 0 Å². The number of hydrogen-bond donors (Lipinski definition) is 0. The zero-order valence-corrected chi connectivity index (χ0v) is 15.0. The number of hydrogen-bond acceptors (Lipinski definition) is 1. The van der Waals surface area contributed by atoms with Gasteiger partial charge in [0.15, 0.2) is 0 Å². The van der Waals surface area contributed by atoms with Gasteiger partial charge in [-0.3, -0.25) is 0 Å². The van der Waals surface area contributed by atoms with E-state index in [-0.39, 0.29) is 5.92 Å². The second-order valence-corrected chi connectivity index (χ2v) is 6.64. The Morgan fingerprint density at radius 2 is 1.80 bits per heavy atom. The fraction of sp³-hybridized carbons (Fsp3) is 0.250. The van der Waals surface area contributed by atoms with Crippen LogP contribution in [0.5, 0.6) is 5.75 Å². The summed E-state index contributed by atoms with van der Waals surface area (Å²) in [7, 11) is 1.68. The number of rotatable bonds is 5. The van der Waals surface area contributed by atoms with Crippen molar-refractivity contribution in [2.75, 3.05) is 13.0 Å². The van der Waals surface area contributed by atoms with Crippen LogP contribution in [0.4, 0.5) is 0 Å². The van der Waals surface area contributed by atoms with Crippen LogP contribution >= 0.6 is 43.5 Å². The summed E-state index contributed by atoms with van der Waals surface area (Å²) in [6.45, 7) is 0. The van der Waals surface area contributed by atoms with Crippen molar-refractivity contribution in [3.8, 4) is 5.75 Å². The summed E-state index contributed by atoms with van der Waals surface area (Å²) >= 11 is 13.2. The van der Waals surface area contributed by atoms with Crippen molar-refractivity contribution in [1.82, 2.24) is 0 Å². The molecule has 1 unspecified atom stereocenters. The molecule has 106 valence electrons. The van der Waals surface area contributed by atoms with Gasteiger partial charge in [-0.15, -0.1) is 11.6 Å². The van der Waals surface area contributed by atoms with Crippen LogP contribution in [0.1, 0.15) is 17.0 Å². The molecule has 0 saturated carbocycles. The molecule has 1 atom stereocenters. The number of halogens is 3. The highest BCUT2D eigenvalue weighted by Gasteiger charge is 2.14. The molecule has 0 aromatic heterocycles. The third-order valence-corrected chi connectivity index (χ3v) is 4.92. The molecular weight excluding hydrogens is 403 g/mol. The van der Waals surface area contributed by atoms with Crippen molar-refractivity contribution in [1.29, 1.82) is 0 Å². The fourth-order valence-electron chi connectivity index (χ4n) is 2.10. The first kappa shape index (κ1) is 15.9. The molecule has 0 spiro atoms. The minimum Gasteiger partial charge on any atom is -0.497 e. The normalized spacial score (nSPS) is 12.2. The number of benzene rings is 2. The van der Waals surface area contributed by atoms with Crippen LogP contribution in [0.3, 0.4) is 0 Å². The molecule has 2 rings (SSSR count). The van der Waals surface area contributed by atoms with Crippen LogP contribution in [0.25, 0.3) is 0 Å². The van der Waals surface area contributed by atoms with E-state index in [0.29, 0.717) is 5.88 Å². The zero-order valence-electron chi connectivity index (χ0n) is 11.1. The summed E-state index contributed by atoms with van der Waals surface area (Å²) in [5, 5.41) is 0. The lowest BCUT2D eigenvalue weighted by Gasteiger charge is -2.16. The Kier molecular flexibility index (Phi) is 5.94. The van der Waals surface area contributed by atoms with Crippen LogP contribution in [-0.4, -0.2) is 13.0 Å². The molecule has 0 aliphatic rings. The molecule has 0 heterocycles. The Bertz CT molecular complexity index is 569. The zero-order chi connectivity index (χ0) is 14.5. The molecule has 0 radical (unpaired) electrons. The molecule has 0 saturated heterocycles. The average Bonchev–Trinajstić information content (AvgIpc) is 2.47. The second-order valence-electron chi connectivity index (χ2n) is 4.56. The molecule has 2 aromatic rings. The van der Waals surface area contributed by atoms with E-state index in [1.165, 1.54) is 11.1 Å². The van der Waals surface area contributed by atoms with Crippen LogP contribution in [-0.2, 0) is 6.42 Å². The van der Waals surface area contributed by atoms with E-state index in [2.05, 4.69) is 62.2 Å². The van der Waals surface area contributed by atoms with Gasteiger partial charge < -0.3 is 4.74 Å². The van der Waals surface area contributed by atoms with Crippen LogP contribution in [0.15, 0.2) is 51.4 Å². The summed E-state index contributed by atoms with van der Waals surface area (Å²) in [5.74, 6) is 1.74. The third kappa shape index (κ3) is 4.00. The van der Waals surface area contributed by atoms with Crippen molar-refractivity contribution in [2.45, 2.75) is 12.3 Å². The maximum absolute atomic E-state index is 6.16. The highest BCUT2D eigenvalue weighted by atomic mass is 79.9. The van der Waals surface area contributed by atoms with Crippen molar-refractivity contribution in [3.05, 3.63) is 62.5 Å². The minimum absolute atomic E-state index is 0.285. The van der Waals surface area contributed by atoms with Crippen LogP contribution in [0.2, 0.25) is 0 Å². The Hall–Kier alpha value is -0.510. The molecule has 0 N–H and O–H groups in total. The number of methoxy groups -OCH3 is 1. The van der Waals surface area contributed by atoms with Gasteiger partial charge in [0.2, 0.25) is 0 Å². The molecule has 0 aliphatic carbocycles. The van der Waals surface area contributed by atoms with Crippen molar-refractivity contribution >= 4 is 43.5 Å². The van der Waals surface area contributed by atoms with Gasteiger partial charge in [-0.05, 0) is 47.9 Å². The molecule has 20 heavy (non-hydrogen) atoms. The molecule has 0 bridgehead atoms. The van der Waals surface area contributed by atoms with E-state index in [0.717, 1.165) is 21.1 Å². The first-order valence-electron chi connectivity index (χ1n) is 6.28. The smallest absolute Gasteiger partial charge is 0.119 e. The van der Waals surface area contributed by atoms with E-state index in [1.54, 1.807) is 7.11 Å². The topological polar surface area (TPSA) is 9.23 Å². The first-order valence-corrected chi connectivity index (χ1v) is 8.40. The minimum atomic E-state index is 0.285. The van der Waals surface area contributed by atoms with Gasteiger partial charge >= 0.3 is 0 Å². The van der Waals surface area contributed by atoms with E-state index in [9.17, 15) is 0 Å². The predicted octanol–water partition coefficient (Wildman–Crippen LogP) is 5.79. The van der Waals surface area contributed by atoms with E-state index >= 15 is 0 Å². The molecular formula is C16H15Br2ClO. The lowest BCUT2D eigenvalue weighted by Crippen LogP contribution is -2.05. The largest absolute Gasteiger partial charge is 0.497 e. The molecule has 0 aliphatic heterocycles.